The molecule has 0 spiro atoms. The summed E-state index contributed by atoms with van der Waals surface area (Å²) in [7, 11) is 1.71. The number of methoxy groups -OCH3 is 1. The summed E-state index contributed by atoms with van der Waals surface area (Å²) < 4.78 is 34.8. The van der Waals surface area contributed by atoms with E-state index in [2.05, 4.69) is 107 Å². The van der Waals surface area contributed by atoms with E-state index in [4.69, 9.17) is 37.7 Å². The molecule has 8 heteroatoms. The predicted molar refractivity (Wildman–Crippen MR) is 250 cm³/mol. The van der Waals surface area contributed by atoms with Crippen molar-refractivity contribution in [2.24, 2.45) is 0 Å². The molecule has 2 aromatic heterocycles. The highest BCUT2D eigenvalue weighted by Crippen LogP contribution is 2.40. The first kappa shape index (κ1) is 39.4. The second kappa shape index (κ2) is 16.3. The van der Waals surface area contributed by atoms with Gasteiger partial charge in [-0.3, -0.25) is 0 Å². The normalized spacial score (nSPS) is 14.2. The molecule has 8 aromatic carbocycles. The van der Waals surface area contributed by atoms with Crippen molar-refractivity contribution in [1.82, 2.24) is 9.97 Å². The molecule has 0 N–H and O–H groups in total. The third-order valence-electron chi connectivity index (χ3n) is 11.8. The fourth-order valence-corrected chi connectivity index (χ4v) is 8.23. The van der Waals surface area contributed by atoms with E-state index in [-0.39, 0.29) is 12.2 Å². The van der Waals surface area contributed by atoms with Crippen LogP contribution in [-0.4, -0.2) is 49.1 Å². The number of epoxide rings is 1. The lowest BCUT2D eigenvalue weighted by atomic mass is 9.97. The highest BCUT2D eigenvalue weighted by molar-refractivity contribution is 6.24. The lowest BCUT2D eigenvalue weighted by molar-refractivity contribution is 0.0556. The Kier molecular flexibility index (Phi) is 10.3. The van der Waals surface area contributed by atoms with Crippen LogP contribution in [-0.2, 0) is 9.47 Å². The van der Waals surface area contributed by atoms with E-state index in [9.17, 15) is 0 Å². The molecule has 1 saturated heterocycles. The number of hydrogen-bond acceptors (Lipinski definition) is 8. The molecule has 11 rings (SSSR count). The number of aryl methyl sites for hydroxylation is 4. The SMILES string of the molecule is CCC(COc1ccc(-c2nc3c4ccc(C)cc4c4cc(C)ccc4c3o2)cc1)OC.Cc1ccc2c(c1)c1cc(C)ccc1c1oc(-c3ccc(OCC4CO4)cc3)nc21. The molecule has 62 heavy (non-hydrogen) atoms. The zero-order valence-corrected chi connectivity index (χ0v) is 35.9. The predicted octanol–water partition coefficient (Wildman–Crippen LogP) is 13.4. The van der Waals surface area contributed by atoms with Crippen LogP contribution >= 0.6 is 0 Å². The molecule has 1 aliphatic rings. The Morgan fingerprint density at radius 3 is 1.34 bits per heavy atom. The van der Waals surface area contributed by atoms with Crippen LogP contribution < -0.4 is 9.47 Å². The number of nitrogens with zero attached hydrogens (tertiary/aromatic N) is 2. The molecular weight excluding hydrogens is 773 g/mol. The molecule has 310 valence electrons. The topological polar surface area (TPSA) is 92.3 Å². The van der Waals surface area contributed by atoms with Crippen LogP contribution in [0.15, 0.2) is 130 Å². The highest BCUT2D eigenvalue weighted by atomic mass is 16.6. The fraction of sp³-hybridized carbons (Fsp3) is 0.222. The standard InChI is InChI=1S/C28H27NO3.C26H21NO3/c1-5-20(30-4)16-31-21-10-8-19(9-11-21)28-29-26-22-12-6-17(2)14-24(22)25-15-18(3)7-13-23(25)27(26)32-28;1-15-3-9-20-22(11-15)23-12-16(2)4-10-21(23)25-24(20)27-26(30-25)17-5-7-18(8-6-17)28-13-19-14-29-19/h6-15,20H,5,16H2,1-4H3;3-12,19H,13-14H2,1-2H3. The van der Waals surface area contributed by atoms with Crippen molar-refractivity contribution >= 4 is 65.3 Å². The van der Waals surface area contributed by atoms with E-state index in [0.717, 1.165) is 79.4 Å². The van der Waals surface area contributed by atoms with E-state index >= 15 is 0 Å². The third kappa shape index (κ3) is 7.61. The number of fused-ring (bicyclic) bond motifs is 12. The van der Waals surface area contributed by atoms with Crippen molar-refractivity contribution in [2.75, 3.05) is 26.9 Å². The average Bonchev–Trinajstić information content (AvgIpc) is 3.84. The van der Waals surface area contributed by atoms with E-state index in [1.807, 2.05) is 48.5 Å². The van der Waals surface area contributed by atoms with E-state index in [0.29, 0.717) is 25.0 Å². The van der Waals surface area contributed by atoms with Gasteiger partial charge in [0.25, 0.3) is 0 Å². The lowest BCUT2D eigenvalue weighted by Crippen LogP contribution is -2.18. The van der Waals surface area contributed by atoms with Gasteiger partial charge in [0.2, 0.25) is 11.8 Å². The third-order valence-corrected chi connectivity index (χ3v) is 11.8. The van der Waals surface area contributed by atoms with Crippen molar-refractivity contribution in [3.05, 3.63) is 144 Å². The van der Waals surface area contributed by atoms with Crippen molar-refractivity contribution < 1.29 is 27.8 Å². The zero-order chi connectivity index (χ0) is 42.5. The number of benzene rings is 8. The molecule has 1 fully saturated rings. The minimum Gasteiger partial charge on any atom is -0.491 e. The summed E-state index contributed by atoms with van der Waals surface area (Å²) in [5.74, 6) is 2.87. The quantitative estimate of drug-likeness (QED) is 0.0995. The molecule has 0 radical (unpaired) electrons. The Morgan fingerprint density at radius 1 is 0.532 bits per heavy atom. The first-order chi connectivity index (χ1) is 30.2. The van der Waals surface area contributed by atoms with Gasteiger partial charge in [0.05, 0.1) is 12.7 Å². The van der Waals surface area contributed by atoms with Gasteiger partial charge >= 0.3 is 0 Å². The van der Waals surface area contributed by atoms with Gasteiger partial charge in [0.1, 0.15) is 41.9 Å². The number of aromatic nitrogens is 2. The van der Waals surface area contributed by atoms with Crippen molar-refractivity contribution in [2.45, 2.75) is 53.2 Å². The molecule has 0 aliphatic carbocycles. The molecule has 0 bridgehead atoms. The Hall–Kier alpha value is -6.74. The fourth-order valence-electron chi connectivity index (χ4n) is 8.23. The lowest BCUT2D eigenvalue weighted by Gasteiger charge is -2.14. The molecule has 8 nitrogen and oxygen atoms in total. The summed E-state index contributed by atoms with van der Waals surface area (Å²) in [5.41, 5.74) is 10.3. The van der Waals surface area contributed by atoms with Gasteiger partial charge in [-0.15, -0.1) is 0 Å². The number of rotatable bonds is 10. The summed E-state index contributed by atoms with van der Waals surface area (Å²) in [4.78, 5) is 9.82. The zero-order valence-electron chi connectivity index (χ0n) is 35.9. The molecule has 3 heterocycles. The minimum absolute atomic E-state index is 0.0977. The number of hydrogen-bond donors (Lipinski definition) is 0. The van der Waals surface area contributed by atoms with E-state index in [1.54, 1.807) is 7.11 Å². The number of oxazole rings is 2. The maximum atomic E-state index is 6.35. The van der Waals surface area contributed by atoms with Crippen LogP contribution in [0.25, 0.3) is 88.2 Å². The average molecular weight is 821 g/mol. The van der Waals surface area contributed by atoms with Crippen molar-refractivity contribution in [3.8, 4) is 34.4 Å². The van der Waals surface area contributed by atoms with E-state index in [1.165, 1.54) is 43.8 Å². The van der Waals surface area contributed by atoms with Crippen LogP contribution in [0.3, 0.4) is 0 Å². The Bertz CT molecular complexity index is 3110. The summed E-state index contributed by atoms with van der Waals surface area (Å²) >= 11 is 0. The van der Waals surface area contributed by atoms with Crippen LogP contribution in [0.1, 0.15) is 35.6 Å². The van der Waals surface area contributed by atoms with Crippen LogP contribution in [0, 0.1) is 27.7 Å². The smallest absolute Gasteiger partial charge is 0.227 e. The molecule has 0 saturated carbocycles. The van der Waals surface area contributed by atoms with E-state index < -0.39 is 0 Å². The molecule has 10 aromatic rings. The van der Waals surface area contributed by atoms with Gasteiger partial charge in [0, 0.05) is 39.8 Å². The Labute approximate surface area is 360 Å². The second-order valence-corrected chi connectivity index (χ2v) is 16.5. The van der Waals surface area contributed by atoms with Gasteiger partial charge in [-0.05, 0) is 104 Å². The molecule has 2 unspecified atom stereocenters. The summed E-state index contributed by atoms with van der Waals surface area (Å²) in [5, 5.41) is 9.25. The molecular formula is C54H48N2O6. The van der Waals surface area contributed by atoms with Gasteiger partial charge in [0.15, 0.2) is 11.2 Å². The summed E-state index contributed by atoms with van der Waals surface area (Å²) in [6, 6.07) is 41.8. The maximum absolute atomic E-state index is 6.35. The maximum Gasteiger partial charge on any atom is 0.227 e. The highest BCUT2D eigenvalue weighted by Gasteiger charge is 2.23. The van der Waals surface area contributed by atoms with Crippen LogP contribution in [0.2, 0.25) is 0 Å². The second-order valence-electron chi connectivity index (χ2n) is 16.5. The first-order valence-corrected chi connectivity index (χ1v) is 21.3. The Balaban J connectivity index is 0.000000148. The van der Waals surface area contributed by atoms with Crippen LogP contribution in [0.5, 0.6) is 11.5 Å². The monoisotopic (exact) mass is 820 g/mol. The number of ether oxygens (including phenoxy) is 4. The van der Waals surface area contributed by atoms with Gasteiger partial charge < -0.3 is 27.8 Å². The van der Waals surface area contributed by atoms with Crippen molar-refractivity contribution in [1.29, 1.82) is 0 Å². The molecule has 2 atom stereocenters. The van der Waals surface area contributed by atoms with Crippen LogP contribution in [0.4, 0.5) is 0 Å². The largest absolute Gasteiger partial charge is 0.491 e. The summed E-state index contributed by atoms with van der Waals surface area (Å²) in [6.07, 6.45) is 1.26. The summed E-state index contributed by atoms with van der Waals surface area (Å²) in [6.45, 7) is 12.5. The van der Waals surface area contributed by atoms with Crippen molar-refractivity contribution in [3.63, 3.8) is 0 Å². The van der Waals surface area contributed by atoms with Gasteiger partial charge in [-0.1, -0.05) is 102 Å². The molecule has 1 aliphatic heterocycles. The van der Waals surface area contributed by atoms with Gasteiger partial charge in [-0.2, -0.15) is 0 Å². The first-order valence-electron chi connectivity index (χ1n) is 21.3. The Morgan fingerprint density at radius 2 is 0.935 bits per heavy atom. The molecule has 0 amide bonds. The van der Waals surface area contributed by atoms with Gasteiger partial charge in [-0.25, -0.2) is 9.97 Å². The minimum atomic E-state index is 0.0977.